The minimum absolute atomic E-state index is 0.814. The molecular formula is C6H6Si+. The lowest BCUT2D eigenvalue weighted by Crippen LogP contribution is -1.90. The Hall–Kier alpha value is -0.563. The first-order valence-corrected chi connectivity index (χ1v) is 3.26. The van der Waals surface area contributed by atoms with Crippen LogP contribution in [0.15, 0.2) is 23.9 Å². The summed E-state index contributed by atoms with van der Waals surface area (Å²) in [6.45, 7) is 3.79. The van der Waals surface area contributed by atoms with Crippen LogP contribution in [0.2, 0.25) is 0 Å². The van der Waals surface area contributed by atoms with Gasteiger partial charge in [-0.05, 0) is 0 Å². The third-order valence-corrected chi connectivity index (χ3v) is 1.67. The summed E-state index contributed by atoms with van der Waals surface area (Å²) in [5.41, 5.74) is 2.13. The van der Waals surface area contributed by atoms with E-state index in [1.54, 1.807) is 0 Å². The van der Waals surface area contributed by atoms with Crippen molar-refractivity contribution in [1.82, 2.24) is 0 Å². The molecule has 1 heteroatoms. The van der Waals surface area contributed by atoms with Crippen LogP contribution in [0.4, 0.5) is 0 Å². The largest absolute Gasteiger partial charge is 0.114 e. The summed E-state index contributed by atoms with van der Waals surface area (Å²) in [5, 5.41) is 1.22. The fourth-order valence-corrected chi connectivity index (χ4v) is 1.04. The van der Waals surface area contributed by atoms with Gasteiger partial charge in [-0.1, -0.05) is 6.58 Å². The first kappa shape index (κ1) is 4.59. The molecule has 7 heavy (non-hydrogen) atoms. The standard InChI is InChI=1S/C6H6Si/c1-6-4-2-3-5-7-6/h2-5H,1H2/q+1. The maximum atomic E-state index is 3.79. The number of hydrogen-bond acceptors (Lipinski definition) is 0. The van der Waals surface area contributed by atoms with Gasteiger partial charge in [-0.25, -0.2) is 0 Å². The molecule has 0 aromatic carbocycles. The zero-order valence-electron chi connectivity index (χ0n) is 4.02. The second-order valence-corrected chi connectivity index (χ2v) is 2.65. The second-order valence-electron chi connectivity index (χ2n) is 1.39. The molecule has 0 atom stereocenters. The normalized spacial score (nSPS) is 16.9. The number of allylic oxidation sites excluding steroid dienone is 3. The molecule has 0 aromatic heterocycles. The van der Waals surface area contributed by atoms with Gasteiger partial charge in [0, 0.05) is 10.9 Å². The van der Waals surface area contributed by atoms with Gasteiger partial charge in [0.05, 0.1) is 18.6 Å². The van der Waals surface area contributed by atoms with Gasteiger partial charge in [0.25, 0.3) is 0 Å². The van der Waals surface area contributed by atoms with E-state index in [2.05, 4.69) is 12.3 Å². The molecule has 0 spiro atoms. The van der Waals surface area contributed by atoms with E-state index in [1.807, 2.05) is 18.6 Å². The summed E-state index contributed by atoms with van der Waals surface area (Å²) in [6, 6.07) is 0. The van der Waals surface area contributed by atoms with Gasteiger partial charge in [-0.15, -0.1) is 0 Å². The maximum absolute atomic E-state index is 3.79. The topological polar surface area (TPSA) is 0 Å². The quantitative estimate of drug-likeness (QED) is 0.316. The van der Waals surface area contributed by atoms with Crippen LogP contribution in [-0.4, -0.2) is 14.8 Å². The molecule has 0 aliphatic carbocycles. The van der Waals surface area contributed by atoms with Crippen LogP contribution in [0.3, 0.4) is 0 Å². The average Bonchev–Trinajstić information content (AvgIpc) is 1.69. The maximum Gasteiger partial charge on any atom is 0.114 e. The molecule has 0 saturated carbocycles. The average molecular weight is 106 g/mol. The minimum Gasteiger partial charge on any atom is -0.0762 e. The zero-order chi connectivity index (χ0) is 5.11. The van der Waals surface area contributed by atoms with E-state index in [9.17, 15) is 0 Å². The van der Waals surface area contributed by atoms with Crippen molar-refractivity contribution in [1.29, 1.82) is 0 Å². The summed E-state index contributed by atoms with van der Waals surface area (Å²) < 4.78 is 0. The monoisotopic (exact) mass is 106 g/mol. The van der Waals surface area contributed by atoms with Crippen molar-refractivity contribution in [2.75, 3.05) is 0 Å². The van der Waals surface area contributed by atoms with Crippen molar-refractivity contribution in [2.24, 2.45) is 0 Å². The molecule has 0 fully saturated rings. The fraction of sp³-hybridized carbons (Fsp3) is 0. The molecule has 0 saturated heterocycles. The highest BCUT2D eigenvalue weighted by Crippen LogP contribution is 1.91. The Morgan fingerprint density at radius 1 is 1.71 bits per heavy atom. The molecule has 1 rings (SSSR count). The zero-order valence-corrected chi connectivity index (χ0v) is 5.02. The third kappa shape index (κ3) is 1.16. The predicted molar refractivity (Wildman–Crippen MR) is 34.4 cm³/mol. The first-order chi connectivity index (χ1) is 3.39. The molecule has 1 aliphatic heterocycles. The molecule has 33 valence electrons. The molecule has 0 bridgehead atoms. The fourth-order valence-electron chi connectivity index (χ4n) is 0.431. The molecule has 0 N–H and O–H groups in total. The third-order valence-electron chi connectivity index (χ3n) is 0.773. The highest BCUT2D eigenvalue weighted by molar-refractivity contribution is 6.57. The van der Waals surface area contributed by atoms with E-state index in [0.717, 1.165) is 9.13 Å². The molecular weight excluding hydrogens is 100 g/mol. The lowest BCUT2D eigenvalue weighted by molar-refractivity contribution is 1.84. The van der Waals surface area contributed by atoms with E-state index in [4.69, 9.17) is 0 Å². The second kappa shape index (κ2) is 1.94. The van der Waals surface area contributed by atoms with Crippen LogP contribution >= 0.6 is 0 Å². The van der Waals surface area contributed by atoms with E-state index in [0.29, 0.717) is 0 Å². The van der Waals surface area contributed by atoms with E-state index < -0.39 is 0 Å². The van der Waals surface area contributed by atoms with Crippen molar-refractivity contribution >= 4 is 14.8 Å². The molecule has 1 heterocycles. The van der Waals surface area contributed by atoms with Gasteiger partial charge < -0.3 is 0 Å². The highest BCUT2D eigenvalue weighted by atomic mass is 28.2. The molecule has 1 radical (unpaired) electrons. The highest BCUT2D eigenvalue weighted by Gasteiger charge is 1.93. The summed E-state index contributed by atoms with van der Waals surface area (Å²) in [4.78, 5) is 0. The van der Waals surface area contributed by atoms with Gasteiger partial charge in [0.2, 0.25) is 0 Å². The lowest BCUT2D eigenvalue weighted by atomic mass is 10.4. The Morgan fingerprint density at radius 3 is 2.86 bits per heavy atom. The molecule has 0 aromatic rings. The molecule has 0 amide bonds. The van der Waals surface area contributed by atoms with Gasteiger partial charge >= 0.3 is 0 Å². The van der Waals surface area contributed by atoms with Crippen LogP contribution in [0, 0.1) is 6.42 Å². The van der Waals surface area contributed by atoms with Crippen LogP contribution in [0.1, 0.15) is 0 Å². The van der Waals surface area contributed by atoms with Crippen molar-refractivity contribution in [3.05, 3.63) is 30.3 Å². The van der Waals surface area contributed by atoms with E-state index in [-0.39, 0.29) is 0 Å². The molecule has 0 nitrogen and oxygen atoms in total. The predicted octanol–water partition coefficient (Wildman–Crippen LogP) is 0.781. The Morgan fingerprint density at radius 2 is 2.57 bits per heavy atom. The van der Waals surface area contributed by atoms with E-state index in [1.165, 1.54) is 5.20 Å². The molecule has 1 aliphatic rings. The van der Waals surface area contributed by atoms with Crippen molar-refractivity contribution in [3.63, 3.8) is 0 Å². The SMILES string of the molecule is C=C1C=C[CH+]C=[Si]1. The summed E-state index contributed by atoms with van der Waals surface area (Å²) in [5.74, 6) is 0. The summed E-state index contributed by atoms with van der Waals surface area (Å²) in [6.07, 6.45) is 6.10. The Labute approximate surface area is 46.0 Å². The van der Waals surface area contributed by atoms with Crippen molar-refractivity contribution < 1.29 is 0 Å². The Balaban J connectivity index is 2.66. The van der Waals surface area contributed by atoms with Crippen LogP contribution < -0.4 is 0 Å². The number of rotatable bonds is 0. The minimum atomic E-state index is 0.814. The molecule has 0 unspecified atom stereocenters. The first-order valence-electron chi connectivity index (χ1n) is 2.18. The summed E-state index contributed by atoms with van der Waals surface area (Å²) >= 11 is 0. The van der Waals surface area contributed by atoms with Gasteiger partial charge in [0.15, 0.2) is 0 Å². The Bertz CT molecular complexity index is 117. The van der Waals surface area contributed by atoms with Gasteiger partial charge in [-0.3, -0.25) is 0 Å². The smallest absolute Gasteiger partial charge is 0.0762 e. The van der Waals surface area contributed by atoms with Crippen molar-refractivity contribution in [3.8, 4) is 0 Å². The van der Waals surface area contributed by atoms with E-state index >= 15 is 0 Å². The lowest BCUT2D eigenvalue weighted by Gasteiger charge is -1.81. The Kier molecular flexibility index (Phi) is 1.27. The summed E-state index contributed by atoms with van der Waals surface area (Å²) in [7, 11) is 0.814. The van der Waals surface area contributed by atoms with Crippen LogP contribution in [0.5, 0.6) is 0 Å². The number of hydrogen-bond donors (Lipinski definition) is 0. The van der Waals surface area contributed by atoms with Gasteiger partial charge in [0.1, 0.15) is 9.13 Å². The van der Waals surface area contributed by atoms with Crippen LogP contribution in [-0.2, 0) is 0 Å². The van der Waals surface area contributed by atoms with Crippen molar-refractivity contribution in [2.45, 2.75) is 0 Å². The van der Waals surface area contributed by atoms with Crippen LogP contribution in [0.25, 0.3) is 0 Å². The van der Waals surface area contributed by atoms with Gasteiger partial charge in [-0.2, -0.15) is 0 Å².